The second kappa shape index (κ2) is 10.8. The Labute approximate surface area is 193 Å². The first-order chi connectivity index (χ1) is 14.7. The van der Waals surface area contributed by atoms with E-state index in [1.165, 1.54) is 35.4 Å². The van der Waals surface area contributed by atoms with E-state index in [1.54, 1.807) is 32.9 Å². The van der Waals surface area contributed by atoms with E-state index in [2.05, 4.69) is 4.98 Å². The Morgan fingerprint density at radius 3 is 2.41 bits per heavy atom. The van der Waals surface area contributed by atoms with Crippen molar-refractivity contribution in [1.82, 2.24) is 4.98 Å². The van der Waals surface area contributed by atoms with E-state index in [9.17, 15) is 14.0 Å². The number of nitrogens with two attached hydrogens (primary N) is 1. The quantitative estimate of drug-likeness (QED) is 0.655. The van der Waals surface area contributed by atoms with Gasteiger partial charge >= 0.3 is 6.09 Å². The molecule has 1 aromatic heterocycles. The highest BCUT2D eigenvalue weighted by Gasteiger charge is 2.32. The van der Waals surface area contributed by atoms with Gasteiger partial charge in [0.25, 0.3) is 0 Å². The molecule has 1 aliphatic heterocycles. The van der Waals surface area contributed by atoms with Crippen molar-refractivity contribution in [2.75, 3.05) is 18.1 Å². The summed E-state index contributed by atoms with van der Waals surface area (Å²) in [6, 6.07) is 7.36. The third-order valence-corrected chi connectivity index (χ3v) is 4.93. The largest absolute Gasteiger partial charge is 0.443 e. The maximum absolute atomic E-state index is 13.2. The molecule has 0 saturated carbocycles. The van der Waals surface area contributed by atoms with E-state index in [1.807, 2.05) is 0 Å². The van der Waals surface area contributed by atoms with Crippen molar-refractivity contribution in [3.63, 3.8) is 0 Å². The first kappa shape index (κ1) is 25.7. The number of benzene rings is 1. The van der Waals surface area contributed by atoms with Gasteiger partial charge in [0.05, 0.1) is 6.04 Å². The van der Waals surface area contributed by atoms with Crippen molar-refractivity contribution < 1.29 is 23.5 Å². The van der Waals surface area contributed by atoms with E-state index in [-0.39, 0.29) is 24.2 Å². The third-order valence-electron chi connectivity index (χ3n) is 4.93. The number of hydrogen-bond acceptors (Lipinski definition) is 6. The van der Waals surface area contributed by atoms with Gasteiger partial charge in [0.1, 0.15) is 17.2 Å². The summed E-state index contributed by atoms with van der Waals surface area (Å²) < 4.78 is 24.2. The average molecular weight is 466 g/mol. The van der Waals surface area contributed by atoms with Crippen LogP contribution in [0, 0.1) is 5.82 Å². The molecule has 0 radical (unpaired) electrons. The maximum atomic E-state index is 13.2. The smallest absolute Gasteiger partial charge is 0.416 e. The molecule has 1 amide bonds. The van der Waals surface area contributed by atoms with Crippen LogP contribution in [0.4, 0.5) is 15.0 Å². The Balaban J connectivity index is 0.00000363. The van der Waals surface area contributed by atoms with Crippen molar-refractivity contribution in [3.05, 3.63) is 59.5 Å². The summed E-state index contributed by atoms with van der Waals surface area (Å²) in [5, 5.41) is 0. The van der Waals surface area contributed by atoms with Gasteiger partial charge in [0.15, 0.2) is 5.78 Å². The molecule has 1 atom stereocenters. The predicted molar refractivity (Wildman–Crippen MR) is 122 cm³/mol. The van der Waals surface area contributed by atoms with Gasteiger partial charge in [0.2, 0.25) is 0 Å². The number of pyridine rings is 1. The first-order valence-electron chi connectivity index (χ1n) is 10.3. The summed E-state index contributed by atoms with van der Waals surface area (Å²) in [6.45, 7) is 6.47. The molecule has 1 aromatic carbocycles. The van der Waals surface area contributed by atoms with Gasteiger partial charge in [-0.15, -0.1) is 12.4 Å². The van der Waals surface area contributed by atoms with Crippen molar-refractivity contribution in [1.29, 1.82) is 0 Å². The minimum absolute atomic E-state index is 0. The molecule has 1 aliphatic rings. The van der Waals surface area contributed by atoms with Crippen LogP contribution in [0.5, 0.6) is 0 Å². The van der Waals surface area contributed by atoms with Crippen LogP contribution >= 0.6 is 12.4 Å². The van der Waals surface area contributed by atoms with E-state index in [0.29, 0.717) is 43.0 Å². The molecule has 32 heavy (non-hydrogen) atoms. The molecule has 2 heterocycles. The Hall–Kier alpha value is -2.55. The number of anilines is 1. The van der Waals surface area contributed by atoms with Crippen LogP contribution < -0.4 is 10.6 Å². The lowest BCUT2D eigenvalue weighted by atomic mass is 9.98. The second-order valence-corrected chi connectivity index (χ2v) is 8.49. The summed E-state index contributed by atoms with van der Waals surface area (Å²) in [5.74, 6) is -0.422. The number of amides is 1. The molecule has 9 heteroatoms. The highest BCUT2D eigenvalue weighted by atomic mass is 35.5. The van der Waals surface area contributed by atoms with Crippen LogP contribution in [0.2, 0.25) is 0 Å². The predicted octanol–water partition coefficient (Wildman–Crippen LogP) is 4.45. The SMILES string of the molecule is CC(C)(C)OC(=O)N(c1cc(C(N)C(=O)c2ccc(F)cc2)ccn1)C1CCOCC1.Cl. The molecule has 2 aromatic rings. The molecule has 174 valence electrons. The Bertz CT molecular complexity index is 928. The minimum atomic E-state index is -0.984. The van der Waals surface area contributed by atoms with Gasteiger partial charge in [-0.05, 0) is 75.6 Å². The molecular formula is C23H29ClFN3O4. The topological polar surface area (TPSA) is 94.8 Å². The second-order valence-electron chi connectivity index (χ2n) is 8.49. The van der Waals surface area contributed by atoms with Crippen molar-refractivity contribution >= 4 is 30.1 Å². The summed E-state index contributed by atoms with van der Waals surface area (Å²) >= 11 is 0. The zero-order chi connectivity index (χ0) is 22.6. The number of ketones is 1. The summed E-state index contributed by atoms with van der Waals surface area (Å²) in [7, 11) is 0. The fraction of sp³-hybridized carbons (Fsp3) is 0.435. The van der Waals surface area contributed by atoms with Crippen molar-refractivity contribution in [2.24, 2.45) is 5.73 Å². The van der Waals surface area contributed by atoms with E-state index in [4.69, 9.17) is 15.2 Å². The normalized spacial score (nSPS) is 15.4. The molecule has 1 saturated heterocycles. The number of ether oxygens (including phenoxy) is 2. The Kier molecular flexibility index (Phi) is 8.72. The fourth-order valence-electron chi connectivity index (χ4n) is 3.39. The highest BCUT2D eigenvalue weighted by molar-refractivity contribution is 6.00. The summed E-state index contributed by atoms with van der Waals surface area (Å²) in [5.41, 5.74) is 6.34. The highest BCUT2D eigenvalue weighted by Crippen LogP contribution is 2.27. The summed E-state index contributed by atoms with van der Waals surface area (Å²) in [6.07, 6.45) is 2.29. The number of rotatable bonds is 5. The number of nitrogens with zero attached hydrogens (tertiary/aromatic N) is 2. The van der Waals surface area contributed by atoms with Crippen molar-refractivity contribution in [3.8, 4) is 0 Å². The van der Waals surface area contributed by atoms with Crippen LogP contribution in [-0.4, -0.2) is 41.7 Å². The van der Waals surface area contributed by atoms with Gasteiger partial charge in [-0.3, -0.25) is 9.69 Å². The van der Waals surface area contributed by atoms with Crippen molar-refractivity contribution in [2.45, 2.75) is 51.3 Å². The number of aromatic nitrogens is 1. The molecule has 0 bridgehead atoms. The minimum Gasteiger partial charge on any atom is -0.443 e. The fourth-order valence-corrected chi connectivity index (χ4v) is 3.39. The zero-order valence-electron chi connectivity index (χ0n) is 18.4. The van der Waals surface area contributed by atoms with Gasteiger partial charge in [-0.1, -0.05) is 0 Å². The van der Waals surface area contributed by atoms with Crippen LogP contribution in [0.25, 0.3) is 0 Å². The van der Waals surface area contributed by atoms with E-state index in [0.717, 1.165) is 0 Å². The van der Waals surface area contributed by atoms with Crippen LogP contribution in [0.15, 0.2) is 42.6 Å². The molecule has 0 aliphatic carbocycles. The first-order valence-corrected chi connectivity index (χ1v) is 10.3. The molecule has 0 spiro atoms. The lowest BCUT2D eigenvalue weighted by molar-refractivity contribution is 0.0485. The zero-order valence-corrected chi connectivity index (χ0v) is 19.2. The number of carbonyl (C=O) groups is 2. The van der Waals surface area contributed by atoms with Crippen LogP contribution in [0.1, 0.15) is 55.6 Å². The molecule has 3 rings (SSSR count). The monoisotopic (exact) mass is 465 g/mol. The van der Waals surface area contributed by atoms with Crippen LogP contribution in [0.3, 0.4) is 0 Å². The number of carbonyl (C=O) groups excluding carboxylic acids is 2. The van der Waals surface area contributed by atoms with E-state index < -0.39 is 23.6 Å². The summed E-state index contributed by atoms with van der Waals surface area (Å²) in [4.78, 5) is 31.7. The Morgan fingerprint density at radius 2 is 1.81 bits per heavy atom. The molecule has 2 N–H and O–H groups in total. The molecule has 7 nitrogen and oxygen atoms in total. The van der Waals surface area contributed by atoms with Gasteiger partial charge in [-0.25, -0.2) is 14.2 Å². The molecule has 1 unspecified atom stereocenters. The van der Waals surface area contributed by atoms with Crippen LogP contribution in [-0.2, 0) is 9.47 Å². The van der Waals surface area contributed by atoms with Gasteiger partial charge in [-0.2, -0.15) is 0 Å². The third kappa shape index (κ3) is 6.48. The molecule has 1 fully saturated rings. The standard InChI is InChI=1S/C23H28FN3O4.ClH/c1-23(2,3)31-22(29)27(18-9-12-30-13-10-18)19-14-16(8-11-26-19)20(25)21(28)15-4-6-17(24)7-5-15;/h4-8,11,14,18,20H,9-10,12-13,25H2,1-3H3;1H. The number of Topliss-reactive ketones (excluding diaryl/α,β-unsaturated/α-hetero) is 1. The van der Waals surface area contributed by atoms with Gasteiger partial charge < -0.3 is 15.2 Å². The lowest BCUT2D eigenvalue weighted by Gasteiger charge is -2.35. The lowest BCUT2D eigenvalue weighted by Crippen LogP contribution is -2.46. The average Bonchev–Trinajstić information content (AvgIpc) is 2.73. The Morgan fingerprint density at radius 1 is 1.19 bits per heavy atom. The number of hydrogen-bond donors (Lipinski definition) is 1. The van der Waals surface area contributed by atoms with Gasteiger partial charge in [0, 0.05) is 31.0 Å². The number of halogens is 2. The maximum Gasteiger partial charge on any atom is 0.416 e. The molecular weight excluding hydrogens is 437 g/mol. The van der Waals surface area contributed by atoms with E-state index >= 15 is 0 Å².